The van der Waals surface area contributed by atoms with Gasteiger partial charge in [0, 0.05) is 4.47 Å². The number of nitrogens with two attached hydrogens (primary N) is 1. The molecule has 0 atom stereocenters. The Labute approximate surface area is 132 Å². The van der Waals surface area contributed by atoms with E-state index in [1.165, 1.54) is 0 Å². The number of nitrogen functional groups attached to an aromatic ring is 1. The predicted octanol–water partition coefficient (Wildman–Crippen LogP) is 3.94. The first kappa shape index (κ1) is 15.5. The fourth-order valence-electron chi connectivity index (χ4n) is 2.08. The largest absolute Gasteiger partial charge is 0.493 e. The van der Waals surface area contributed by atoms with Crippen molar-refractivity contribution in [3.05, 3.63) is 45.9 Å². The first-order valence-electron chi connectivity index (χ1n) is 6.44. The summed E-state index contributed by atoms with van der Waals surface area (Å²) in [5.41, 5.74) is 8.57. The van der Waals surface area contributed by atoms with E-state index in [1.54, 1.807) is 14.2 Å². The zero-order valence-electron chi connectivity index (χ0n) is 12.3. The molecule has 2 aromatic rings. The molecule has 0 bridgehead atoms. The van der Waals surface area contributed by atoms with Crippen LogP contribution in [0.3, 0.4) is 0 Å². The molecule has 2 rings (SSSR count). The summed E-state index contributed by atoms with van der Waals surface area (Å²) in [6.07, 6.45) is 0. The Bertz CT molecular complexity index is 620. The van der Waals surface area contributed by atoms with Crippen molar-refractivity contribution < 1.29 is 14.2 Å². The molecule has 2 aromatic carbocycles. The fourth-order valence-corrected chi connectivity index (χ4v) is 2.67. The number of methoxy groups -OCH3 is 2. The molecule has 21 heavy (non-hydrogen) atoms. The van der Waals surface area contributed by atoms with Gasteiger partial charge in [0.2, 0.25) is 0 Å². The van der Waals surface area contributed by atoms with Gasteiger partial charge in [0.25, 0.3) is 0 Å². The SMILES string of the molecule is COc1ccc(COc2c(C)cc(Br)cc2N)cc1OC. The second-order valence-corrected chi connectivity index (χ2v) is 5.53. The van der Waals surface area contributed by atoms with Crippen molar-refractivity contribution in [2.75, 3.05) is 20.0 Å². The topological polar surface area (TPSA) is 53.7 Å². The second kappa shape index (κ2) is 6.72. The van der Waals surface area contributed by atoms with E-state index in [0.717, 1.165) is 15.6 Å². The van der Waals surface area contributed by atoms with Gasteiger partial charge in [-0.1, -0.05) is 22.0 Å². The van der Waals surface area contributed by atoms with Crippen LogP contribution in [-0.4, -0.2) is 14.2 Å². The Morgan fingerprint density at radius 3 is 2.38 bits per heavy atom. The van der Waals surface area contributed by atoms with Gasteiger partial charge in [0.1, 0.15) is 12.4 Å². The first-order chi connectivity index (χ1) is 10.0. The van der Waals surface area contributed by atoms with Crippen molar-refractivity contribution >= 4 is 21.6 Å². The number of aryl methyl sites for hydroxylation is 1. The van der Waals surface area contributed by atoms with Gasteiger partial charge < -0.3 is 19.9 Å². The number of benzene rings is 2. The molecule has 0 aliphatic heterocycles. The van der Waals surface area contributed by atoms with Crippen molar-refractivity contribution in [1.29, 1.82) is 0 Å². The third-order valence-corrected chi connectivity index (χ3v) is 3.56. The summed E-state index contributed by atoms with van der Waals surface area (Å²) in [7, 11) is 3.22. The third-order valence-electron chi connectivity index (χ3n) is 3.10. The lowest BCUT2D eigenvalue weighted by Crippen LogP contribution is -2.01. The summed E-state index contributed by atoms with van der Waals surface area (Å²) in [6.45, 7) is 2.37. The summed E-state index contributed by atoms with van der Waals surface area (Å²) < 4.78 is 17.3. The predicted molar refractivity (Wildman–Crippen MR) is 87.2 cm³/mol. The van der Waals surface area contributed by atoms with Crippen molar-refractivity contribution in [3.8, 4) is 17.2 Å². The van der Waals surface area contributed by atoms with Crippen LogP contribution in [0.1, 0.15) is 11.1 Å². The molecule has 2 N–H and O–H groups in total. The van der Waals surface area contributed by atoms with E-state index in [4.69, 9.17) is 19.9 Å². The van der Waals surface area contributed by atoms with Crippen molar-refractivity contribution in [2.24, 2.45) is 0 Å². The van der Waals surface area contributed by atoms with Gasteiger partial charge in [-0.3, -0.25) is 0 Å². The summed E-state index contributed by atoms with van der Waals surface area (Å²) in [5, 5.41) is 0. The Morgan fingerprint density at radius 1 is 1.05 bits per heavy atom. The van der Waals surface area contributed by atoms with Gasteiger partial charge in [-0.25, -0.2) is 0 Å². The van der Waals surface area contributed by atoms with E-state index in [1.807, 2.05) is 37.3 Å². The maximum Gasteiger partial charge on any atom is 0.161 e. The molecule has 0 saturated carbocycles. The average Bonchev–Trinajstić information content (AvgIpc) is 2.45. The van der Waals surface area contributed by atoms with Crippen molar-refractivity contribution in [2.45, 2.75) is 13.5 Å². The lowest BCUT2D eigenvalue weighted by Gasteiger charge is -2.14. The maximum atomic E-state index is 5.99. The zero-order chi connectivity index (χ0) is 15.4. The monoisotopic (exact) mass is 351 g/mol. The molecule has 0 saturated heterocycles. The highest BCUT2D eigenvalue weighted by atomic mass is 79.9. The van der Waals surface area contributed by atoms with E-state index in [9.17, 15) is 0 Å². The van der Waals surface area contributed by atoms with E-state index in [-0.39, 0.29) is 0 Å². The number of anilines is 1. The number of hydrogen-bond donors (Lipinski definition) is 1. The number of ether oxygens (including phenoxy) is 3. The summed E-state index contributed by atoms with van der Waals surface area (Å²) >= 11 is 3.41. The molecule has 0 heterocycles. The normalized spacial score (nSPS) is 10.3. The average molecular weight is 352 g/mol. The summed E-state index contributed by atoms with van der Waals surface area (Å²) in [4.78, 5) is 0. The lowest BCUT2D eigenvalue weighted by atomic mass is 10.2. The number of hydrogen-bond acceptors (Lipinski definition) is 4. The highest BCUT2D eigenvalue weighted by Crippen LogP contribution is 2.32. The maximum absolute atomic E-state index is 5.99. The van der Waals surface area contributed by atoms with Crippen LogP contribution in [0.15, 0.2) is 34.8 Å². The zero-order valence-corrected chi connectivity index (χ0v) is 13.9. The van der Waals surface area contributed by atoms with Gasteiger partial charge >= 0.3 is 0 Å². The molecule has 5 heteroatoms. The molecule has 112 valence electrons. The van der Waals surface area contributed by atoms with Crippen molar-refractivity contribution in [3.63, 3.8) is 0 Å². The van der Waals surface area contributed by atoms with E-state index < -0.39 is 0 Å². The van der Waals surface area contributed by atoms with Crippen molar-refractivity contribution in [1.82, 2.24) is 0 Å². The Balaban J connectivity index is 2.17. The summed E-state index contributed by atoms with van der Waals surface area (Å²) in [5.74, 6) is 2.08. The minimum Gasteiger partial charge on any atom is -0.493 e. The minimum atomic E-state index is 0.410. The van der Waals surface area contributed by atoms with Crippen LogP contribution in [0.5, 0.6) is 17.2 Å². The molecular formula is C16H18BrNO3. The van der Waals surface area contributed by atoms with Crippen LogP contribution in [0.2, 0.25) is 0 Å². The summed E-state index contributed by atoms with van der Waals surface area (Å²) in [6, 6.07) is 9.49. The molecule has 0 spiro atoms. The molecule has 0 amide bonds. The Kier molecular flexibility index (Phi) is 4.96. The Hall–Kier alpha value is -1.88. The van der Waals surface area contributed by atoms with Crippen LogP contribution in [0, 0.1) is 6.92 Å². The highest BCUT2D eigenvalue weighted by Gasteiger charge is 2.09. The molecule has 4 nitrogen and oxygen atoms in total. The number of halogens is 1. The van der Waals surface area contributed by atoms with E-state index in [2.05, 4.69) is 15.9 Å². The van der Waals surface area contributed by atoms with Crippen LogP contribution in [0.25, 0.3) is 0 Å². The third kappa shape index (κ3) is 3.61. The first-order valence-corrected chi connectivity index (χ1v) is 7.23. The van der Waals surface area contributed by atoms with Crippen LogP contribution >= 0.6 is 15.9 Å². The van der Waals surface area contributed by atoms with Crippen LogP contribution in [-0.2, 0) is 6.61 Å². The standard InChI is InChI=1S/C16H18BrNO3/c1-10-6-12(17)8-13(18)16(10)21-9-11-4-5-14(19-2)15(7-11)20-3/h4-8H,9,18H2,1-3H3. The molecule has 0 fully saturated rings. The highest BCUT2D eigenvalue weighted by molar-refractivity contribution is 9.10. The van der Waals surface area contributed by atoms with Gasteiger partial charge in [-0.15, -0.1) is 0 Å². The van der Waals surface area contributed by atoms with Gasteiger partial charge in [-0.2, -0.15) is 0 Å². The molecular weight excluding hydrogens is 334 g/mol. The Morgan fingerprint density at radius 2 is 1.76 bits per heavy atom. The van der Waals surface area contributed by atoms with Gasteiger partial charge in [-0.05, 0) is 42.3 Å². The van der Waals surface area contributed by atoms with Gasteiger partial charge in [0.05, 0.1) is 19.9 Å². The molecule has 0 aliphatic carbocycles. The van der Waals surface area contributed by atoms with E-state index >= 15 is 0 Å². The number of rotatable bonds is 5. The molecule has 0 unspecified atom stereocenters. The molecule has 0 aliphatic rings. The fraction of sp³-hybridized carbons (Fsp3) is 0.250. The lowest BCUT2D eigenvalue weighted by molar-refractivity contribution is 0.303. The van der Waals surface area contributed by atoms with Gasteiger partial charge in [0.15, 0.2) is 11.5 Å². The molecule has 0 aromatic heterocycles. The molecule has 0 radical (unpaired) electrons. The smallest absolute Gasteiger partial charge is 0.161 e. The van der Waals surface area contributed by atoms with Crippen LogP contribution < -0.4 is 19.9 Å². The minimum absolute atomic E-state index is 0.410. The second-order valence-electron chi connectivity index (χ2n) is 4.62. The van der Waals surface area contributed by atoms with E-state index in [0.29, 0.717) is 29.5 Å². The van der Waals surface area contributed by atoms with Crippen LogP contribution in [0.4, 0.5) is 5.69 Å². The quantitative estimate of drug-likeness (QED) is 0.829.